The fourth-order valence-electron chi connectivity index (χ4n) is 3.36. The highest BCUT2D eigenvalue weighted by molar-refractivity contribution is 7.16. The molecule has 7 nitrogen and oxygen atoms in total. The van der Waals surface area contributed by atoms with Gasteiger partial charge in [-0.1, -0.05) is 11.3 Å². The Balaban J connectivity index is 1.75. The van der Waals surface area contributed by atoms with Gasteiger partial charge in [-0.25, -0.2) is 4.98 Å². The van der Waals surface area contributed by atoms with Crippen molar-refractivity contribution in [3.8, 4) is 11.5 Å². The van der Waals surface area contributed by atoms with Crippen LogP contribution in [0.2, 0.25) is 0 Å². The number of aromatic nitrogens is 1. The Hall–Kier alpha value is -2.32. The van der Waals surface area contributed by atoms with Crippen LogP contribution < -0.4 is 19.7 Å². The molecule has 4 rings (SSSR count). The molecule has 0 spiro atoms. The monoisotopic (exact) mass is 375 g/mol. The van der Waals surface area contributed by atoms with Gasteiger partial charge < -0.3 is 24.4 Å². The number of rotatable bonds is 4. The molecule has 1 aromatic heterocycles. The Kier molecular flexibility index (Phi) is 4.69. The van der Waals surface area contributed by atoms with Crippen LogP contribution in [0.1, 0.15) is 22.8 Å². The first-order valence-corrected chi connectivity index (χ1v) is 9.36. The molecule has 2 aromatic rings. The highest BCUT2D eigenvalue weighted by atomic mass is 32.1. The van der Waals surface area contributed by atoms with Gasteiger partial charge in [-0.05, 0) is 18.2 Å². The zero-order valence-electron chi connectivity index (χ0n) is 14.8. The third-order valence-corrected chi connectivity index (χ3v) is 5.93. The second-order valence-corrected chi connectivity index (χ2v) is 7.23. The van der Waals surface area contributed by atoms with Crippen molar-refractivity contribution in [2.24, 2.45) is 0 Å². The maximum absolute atomic E-state index is 12.3. The highest BCUT2D eigenvalue weighted by Gasteiger charge is 2.33. The molecule has 1 saturated heterocycles. The van der Waals surface area contributed by atoms with Gasteiger partial charge >= 0.3 is 0 Å². The van der Waals surface area contributed by atoms with Gasteiger partial charge in [-0.3, -0.25) is 4.79 Å². The molecule has 2 aliphatic heterocycles. The molecule has 1 N–H and O–H groups in total. The quantitative estimate of drug-likeness (QED) is 0.885. The van der Waals surface area contributed by atoms with Gasteiger partial charge in [-0.2, -0.15) is 0 Å². The van der Waals surface area contributed by atoms with Gasteiger partial charge in [0, 0.05) is 31.0 Å². The lowest BCUT2D eigenvalue weighted by atomic mass is 9.90. The molecule has 3 heterocycles. The summed E-state index contributed by atoms with van der Waals surface area (Å²) in [6.07, 6.45) is 0.362. The minimum Gasteiger partial charge on any atom is -0.497 e. The van der Waals surface area contributed by atoms with Crippen molar-refractivity contribution in [1.82, 2.24) is 4.98 Å². The summed E-state index contributed by atoms with van der Waals surface area (Å²) in [6.45, 7) is 3.02. The predicted octanol–water partition coefficient (Wildman–Crippen LogP) is 2.47. The topological polar surface area (TPSA) is 72.9 Å². The molecule has 1 amide bonds. The molecule has 1 atom stereocenters. The average Bonchev–Trinajstić information content (AvgIpc) is 3.11. The number of morpholine rings is 1. The Labute approximate surface area is 155 Å². The Morgan fingerprint density at radius 1 is 1.27 bits per heavy atom. The van der Waals surface area contributed by atoms with E-state index < -0.39 is 0 Å². The number of thiazole rings is 1. The minimum atomic E-state index is -0.101. The second-order valence-electron chi connectivity index (χ2n) is 6.22. The first-order valence-electron chi connectivity index (χ1n) is 8.54. The number of nitrogens with one attached hydrogen (secondary N) is 1. The first-order chi connectivity index (χ1) is 12.7. The van der Waals surface area contributed by atoms with E-state index in [0.29, 0.717) is 25.5 Å². The zero-order valence-corrected chi connectivity index (χ0v) is 15.6. The van der Waals surface area contributed by atoms with Crippen molar-refractivity contribution in [2.45, 2.75) is 12.3 Å². The Morgan fingerprint density at radius 2 is 2.08 bits per heavy atom. The summed E-state index contributed by atoms with van der Waals surface area (Å²) < 4.78 is 16.3. The van der Waals surface area contributed by atoms with E-state index in [4.69, 9.17) is 14.2 Å². The van der Waals surface area contributed by atoms with Crippen molar-refractivity contribution in [2.75, 3.05) is 50.7 Å². The lowest BCUT2D eigenvalue weighted by Gasteiger charge is -2.26. The van der Waals surface area contributed by atoms with E-state index in [1.54, 1.807) is 25.6 Å². The molecule has 1 fully saturated rings. The number of nitrogens with zero attached hydrogens (tertiary/aromatic N) is 2. The standard InChI is InChI=1S/C18H21N3O4S/c1-23-11-3-4-14(24-2)12(9-11)13-10-15(22)19-17-16(13)26-18(20-17)21-5-7-25-8-6-21/h3-4,9,13H,5-8,10H2,1-2H3,(H,19,22). The summed E-state index contributed by atoms with van der Waals surface area (Å²) >= 11 is 1.63. The largest absolute Gasteiger partial charge is 0.497 e. The minimum absolute atomic E-state index is 0.0359. The molecule has 0 radical (unpaired) electrons. The van der Waals surface area contributed by atoms with Crippen LogP contribution >= 0.6 is 11.3 Å². The third-order valence-electron chi connectivity index (χ3n) is 4.70. The molecular formula is C18H21N3O4S. The average molecular weight is 375 g/mol. The van der Waals surface area contributed by atoms with E-state index in [0.717, 1.165) is 40.2 Å². The molecule has 0 saturated carbocycles. The number of hydrogen-bond acceptors (Lipinski definition) is 7. The van der Waals surface area contributed by atoms with Gasteiger partial charge in [0.05, 0.1) is 32.3 Å². The second kappa shape index (κ2) is 7.13. The molecule has 2 aliphatic rings. The fraction of sp³-hybridized carbons (Fsp3) is 0.444. The molecule has 26 heavy (non-hydrogen) atoms. The summed E-state index contributed by atoms with van der Waals surface area (Å²) in [7, 11) is 3.27. The molecule has 1 aromatic carbocycles. The van der Waals surface area contributed by atoms with Crippen LogP contribution in [0.3, 0.4) is 0 Å². The molecule has 0 bridgehead atoms. The van der Waals surface area contributed by atoms with Crippen LogP contribution in [0.15, 0.2) is 18.2 Å². The maximum atomic E-state index is 12.3. The summed E-state index contributed by atoms with van der Waals surface area (Å²) in [5.74, 6) is 2.01. The Morgan fingerprint density at radius 3 is 2.81 bits per heavy atom. The van der Waals surface area contributed by atoms with Crippen molar-refractivity contribution in [1.29, 1.82) is 0 Å². The SMILES string of the molecule is COc1ccc(OC)c(C2CC(=O)Nc3nc(N4CCOCC4)sc32)c1. The number of anilines is 2. The van der Waals surface area contributed by atoms with Crippen molar-refractivity contribution < 1.29 is 19.0 Å². The van der Waals surface area contributed by atoms with Gasteiger partial charge in [0.25, 0.3) is 0 Å². The molecule has 1 unspecified atom stereocenters. The number of ether oxygens (including phenoxy) is 3. The lowest BCUT2D eigenvalue weighted by Crippen LogP contribution is -2.36. The molecular weight excluding hydrogens is 354 g/mol. The normalized spacial score (nSPS) is 19.7. The molecule has 0 aliphatic carbocycles. The smallest absolute Gasteiger partial charge is 0.226 e. The van der Waals surface area contributed by atoms with Crippen molar-refractivity contribution in [3.05, 3.63) is 28.6 Å². The summed E-state index contributed by atoms with van der Waals surface area (Å²) in [4.78, 5) is 20.2. The summed E-state index contributed by atoms with van der Waals surface area (Å²) in [5, 5.41) is 3.84. The fourth-order valence-corrected chi connectivity index (χ4v) is 4.55. The number of carbonyl (C=O) groups excluding carboxylic acids is 1. The van der Waals surface area contributed by atoms with Crippen molar-refractivity contribution >= 4 is 28.2 Å². The highest BCUT2D eigenvalue weighted by Crippen LogP contribution is 2.46. The maximum Gasteiger partial charge on any atom is 0.226 e. The zero-order chi connectivity index (χ0) is 18.1. The van der Waals surface area contributed by atoms with E-state index in [1.807, 2.05) is 18.2 Å². The lowest BCUT2D eigenvalue weighted by molar-refractivity contribution is -0.116. The van der Waals surface area contributed by atoms with Gasteiger partial charge in [0.1, 0.15) is 17.3 Å². The third kappa shape index (κ3) is 3.10. The van der Waals surface area contributed by atoms with Gasteiger partial charge in [0.15, 0.2) is 5.13 Å². The van der Waals surface area contributed by atoms with Crippen molar-refractivity contribution in [3.63, 3.8) is 0 Å². The van der Waals surface area contributed by atoms with Crippen LogP contribution in [0.5, 0.6) is 11.5 Å². The number of methoxy groups -OCH3 is 2. The van der Waals surface area contributed by atoms with Crippen LogP contribution in [0.25, 0.3) is 0 Å². The van der Waals surface area contributed by atoms with E-state index in [2.05, 4.69) is 15.2 Å². The molecule has 8 heteroatoms. The first kappa shape index (κ1) is 17.1. The van der Waals surface area contributed by atoms with Crippen LogP contribution in [-0.2, 0) is 9.53 Å². The summed E-state index contributed by atoms with van der Waals surface area (Å²) in [6, 6.07) is 5.68. The number of benzene rings is 1. The van der Waals surface area contributed by atoms with E-state index in [9.17, 15) is 4.79 Å². The van der Waals surface area contributed by atoms with Gasteiger partial charge in [0.2, 0.25) is 5.91 Å². The van der Waals surface area contributed by atoms with Gasteiger partial charge in [-0.15, -0.1) is 0 Å². The van der Waals surface area contributed by atoms with Crippen LogP contribution in [0, 0.1) is 0 Å². The number of carbonyl (C=O) groups is 1. The van der Waals surface area contributed by atoms with Crippen LogP contribution in [-0.4, -0.2) is 51.4 Å². The van der Waals surface area contributed by atoms with E-state index >= 15 is 0 Å². The van der Waals surface area contributed by atoms with Crippen LogP contribution in [0.4, 0.5) is 10.9 Å². The van der Waals surface area contributed by atoms with E-state index in [1.165, 1.54) is 0 Å². The number of hydrogen-bond donors (Lipinski definition) is 1. The summed E-state index contributed by atoms with van der Waals surface area (Å²) in [5.41, 5.74) is 0.945. The molecule has 138 valence electrons. The number of amides is 1. The Bertz CT molecular complexity index is 817. The van der Waals surface area contributed by atoms with E-state index in [-0.39, 0.29) is 11.8 Å². The predicted molar refractivity (Wildman–Crippen MR) is 99.8 cm³/mol. The number of fused-ring (bicyclic) bond motifs is 1.